The Bertz CT molecular complexity index is 872. The molecule has 7 nitrogen and oxygen atoms in total. The van der Waals surface area contributed by atoms with Gasteiger partial charge in [-0.15, -0.1) is 0 Å². The van der Waals surface area contributed by atoms with Crippen molar-refractivity contribution >= 4 is 17.5 Å². The fourth-order valence-electron chi connectivity index (χ4n) is 2.45. The van der Waals surface area contributed by atoms with E-state index in [-0.39, 0.29) is 6.61 Å². The monoisotopic (exact) mass is 339 g/mol. The Labute approximate surface area is 145 Å². The minimum Gasteiger partial charge on any atom is -0.394 e. The molecule has 3 aromatic heterocycles. The summed E-state index contributed by atoms with van der Waals surface area (Å²) in [5.74, 6) is 0.531. The summed E-state index contributed by atoms with van der Waals surface area (Å²) >= 11 is 0. The average molecular weight is 339 g/mol. The number of fused-ring (bicyclic) bond motifs is 1. The van der Waals surface area contributed by atoms with E-state index in [2.05, 4.69) is 20.6 Å². The molecule has 0 aromatic carbocycles. The lowest BCUT2D eigenvalue weighted by atomic mass is 10.0. The standard InChI is InChI=1S/C18H21N5O2/c1-3-18(2,12-24)22-17(25)21-16-15(13-8-4-6-10-19-13)20-14-9-5-7-11-23(14)16/h4-11,24H,3,12H2,1-2H3,(H2,21,22,25). The van der Waals surface area contributed by atoms with Crippen molar-refractivity contribution in [2.45, 2.75) is 25.8 Å². The van der Waals surface area contributed by atoms with Gasteiger partial charge in [0.2, 0.25) is 0 Å². The van der Waals surface area contributed by atoms with Crippen molar-refractivity contribution in [1.29, 1.82) is 0 Å². The summed E-state index contributed by atoms with van der Waals surface area (Å²) in [4.78, 5) is 21.4. The van der Waals surface area contributed by atoms with Crippen LogP contribution >= 0.6 is 0 Å². The van der Waals surface area contributed by atoms with Crippen molar-refractivity contribution in [3.63, 3.8) is 0 Å². The van der Waals surface area contributed by atoms with Gasteiger partial charge in [0.15, 0.2) is 0 Å². The van der Waals surface area contributed by atoms with Gasteiger partial charge < -0.3 is 10.4 Å². The molecular weight excluding hydrogens is 318 g/mol. The number of aromatic nitrogens is 3. The number of nitrogens with zero attached hydrogens (tertiary/aromatic N) is 3. The second kappa shape index (κ2) is 6.90. The van der Waals surface area contributed by atoms with Crippen LogP contribution < -0.4 is 10.6 Å². The summed E-state index contributed by atoms with van der Waals surface area (Å²) in [7, 11) is 0. The van der Waals surface area contributed by atoms with Crippen molar-refractivity contribution in [2.24, 2.45) is 0 Å². The first kappa shape index (κ1) is 16.9. The van der Waals surface area contributed by atoms with Crippen LogP contribution in [0.1, 0.15) is 20.3 Å². The molecule has 0 saturated heterocycles. The topological polar surface area (TPSA) is 91.5 Å². The number of imidazole rings is 1. The third-order valence-electron chi connectivity index (χ3n) is 4.21. The highest BCUT2D eigenvalue weighted by Crippen LogP contribution is 2.27. The Hall–Kier alpha value is -2.93. The molecule has 0 radical (unpaired) electrons. The molecular formula is C18H21N5O2. The lowest BCUT2D eigenvalue weighted by Crippen LogP contribution is -2.50. The SMILES string of the molecule is CCC(C)(CO)NC(=O)Nc1c(-c2ccccn2)nc2ccccn12. The molecule has 0 aliphatic carbocycles. The van der Waals surface area contributed by atoms with E-state index < -0.39 is 11.6 Å². The molecule has 3 rings (SSSR count). The molecule has 7 heteroatoms. The second-order valence-corrected chi connectivity index (χ2v) is 6.10. The molecule has 1 atom stereocenters. The van der Waals surface area contributed by atoms with E-state index in [1.165, 1.54) is 0 Å². The first-order valence-corrected chi connectivity index (χ1v) is 8.15. The van der Waals surface area contributed by atoms with Crippen molar-refractivity contribution in [1.82, 2.24) is 19.7 Å². The summed E-state index contributed by atoms with van der Waals surface area (Å²) in [6.07, 6.45) is 4.12. The van der Waals surface area contributed by atoms with Gasteiger partial charge >= 0.3 is 6.03 Å². The number of urea groups is 1. The van der Waals surface area contributed by atoms with Gasteiger partial charge in [-0.3, -0.25) is 14.7 Å². The number of hydrogen-bond donors (Lipinski definition) is 3. The zero-order valence-corrected chi connectivity index (χ0v) is 14.2. The fourth-order valence-corrected chi connectivity index (χ4v) is 2.45. The van der Waals surface area contributed by atoms with Crippen LogP contribution in [0.2, 0.25) is 0 Å². The normalized spacial score (nSPS) is 13.4. The molecule has 0 saturated carbocycles. The van der Waals surface area contributed by atoms with Gasteiger partial charge in [0.1, 0.15) is 17.2 Å². The molecule has 3 heterocycles. The van der Waals surface area contributed by atoms with Crippen molar-refractivity contribution in [2.75, 3.05) is 11.9 Å². The Kier molecular flexibility index (Phi) is 4.67. The molecule has 3 aromatic rings. The summed E-state index contributed by atoms with van der Waals surface area (Å²) in [6, 6.07) is 10.7. The number of rotatable bonds is 5. The van der Waals surface area contributed by atoms with Crippen molar-refractivity contribution in [3.8, 4) is 11.4 Å². The highest BCUT2D eigenvalue weighted by Gasteiger charge is 2.25. The third-order valence-corrected chi connectivity index (χ3v) is 4.21. The molecule has 25 heavy (non-hydrogen) atoms. The van der Waals surface area contributed by atoms with E-state index in [1.807, 2.05) is 49.5 Å². The fraction of sp³-hybridized carbons (Fsp3) is 0.278. The van der Waals surface area contributed by atoms with Crippen LogP contribution in [0.15, 0.2) is 48.8 Å². The highest BCUT2D eigenvalue weighted by atomic mass is 16.3. The maximum atomic E-state index is 12.5. The van der Waals surface area contributed by atoms with Gasteiger partial charge in [0.05, 0.1) is 17.8 Å². The summed E-state index contributed by atoms with van der Waals surface area (Å²) < 4.78 is 1.80. The van der Waals surface area contributed by atoms with Gasteiger partial charge in [0.25, 0.3) is 0 Å². The first-order chi connectivity index (χ1) is 12.1. The zero-order chi connectivity index (χ0) is 17.9. The van der Waals surface area contributed by atoms with E-state index >= 15 is 0 Å². The maximum absolute atomic E-state index is 12.5. The number of pyridine rings is 2. The number of anilines is 1. The Balaban J connectivity index is 1.99. The predicted octanol–water partition coefficient (Wildman–Crippen LogP) is 2.68. The number of hydrogen-bond acceptors (Lipinski definition) is 4. The van der Waals surface area contributed by atoms with Gasteiger partial charge in [-0.05, 0) is 37.6 Å². The molecule has 3 N–H and O–H groups in total. The molecule has 0 aliphatic heterocycles. The van der Waals surface area contributed by atoms with Crippen molar-refractivity contribution in [3.05, 3.63) is 48.8 Å². The maximum Gasteiger partial charge on any atom is 0.320 e. The van der Waals surface area contributed by atoms with Gasteiger partial charge in [-0.1, -0.05) is 19.1 Å². The number of aliphatic hydroxyl groups is 1. The third kappa shape index (κ3) is 3.46. The molecule has 130 valence electrons. The molecule has 0 fully saturated rings. The molecule has 0 aliphatic rings. The van der Waals surface area contributed by atoms with E-state index in [1.54, 1.807) is 17.5 Å². The number of amides is 2. The lowest BCUT2D eigenvalue weighted by molar-refractivity contribution is 0.172. The molecule has 1 unspecified atom stereocenters. The van der Waals surface area contributed by atoms with Crippen LogP contribution in [0.3, 0.4) is 0 Å². The van der Waals surface area contributed by atoms with E-state index in [4.69, 9.17) is 0 Å². The minimum atomic E-state index is -0.685. The number of carbonyl (C=O) groups is 1. The first-order valence-electron chi connectivity index (χ1n) is 8.15. The van der Waals surface area contributed by atoms with Crippen LogP contribution in [0.4, 0.5) is 10.6 Å². The summed E-state index contributed by atoms with van der Waals surface area (Å²) in [6.45, 7) is 3.56. The Morgan fingerprint density at radius 2 is 2.08 bits per heavy atom. The van der Waals surface area contributed by atoms with Gasteiger partial charge in [-0.2, -0.15) is 0 Å². The summed E-state index contributed by atoms with van der Waals surface area (Å²) in [5.41, 5.74) is 1.28. The van der Waals surface area contributed by atoms with Crippen LogP contribution in [-0.2, 0) is 0 Å². The van der Waals surface area contributed by atoms with Crippen LogP contribution in [0.25, 0.3) is 17.0 Å². The van der Waals surface area contributed by atoms with E-state index in [9.17, 15) is 9.90 Å². The highest BCUT2D eigenvalue weighted by molar-refractivity contribution is 5.93. The van der Waals surface area contributed by atoms with Crippen LogP contribution in [0, 0.1) is 0 Å². The van der Waals surface area contributed by atoms with Crippen molar-refractivity contribution < 1.29 is 9.90 Å². The number of nitrogens with one attached hydrogen (secondary N) is 2. The van der Waals surface area contributed by atoms with Crippen LogP contribution in [0.5, 0.6) is 0 Å². The second-order valence-electron chi connectivity index (χ2n) is 6.10. The predicted molar refractivity (Wildman–Crippen MR) is 96.4 cm³/mol. The largest absolute Gasteiger partial charge is 0.394 e. The Morgan fingerprint density at radius 1 is 1.28 bits per heavy atom. The minimum absolute atomic E-state index is 0.142. The number of aliphatic hydroxyl groups excluding tert-OH is 1. The average Bonchev–Trinajstić information content (AvgIpc) is 3.01. The zero-order valence-electron chi connectivity index (χ0n) is 14.2. The molecule has 2 amide bonds. The quantitative estimate of drug-likeness (QED) is 0.666. The Morgan fingerprint density at radius 3 is 2.76 bits per heavy atom. The van der Waals surface area contributed by atoms with Gasteiger partial charge in [0, 0.05) is 12.4 Å². The number of carbonyl (C=O) groups excluding carboxylic acids is 1. The van der Waals surface area contributed by atoms with Crippen LogP contribution in [-0.4, -0.2) is 37.7 Å². The molecule has 0 bridgehead atoms. The van der Waals surface area contributed by atoms with Gasteiger partial charge in [-0.25, -0.2) is 9.78 Å². The smallest absolute Gasteiger partial charge is 0.320 e. The van der Waals surface area contributed by atoms with E-state index in [0.717, 1.165) is 0 Å². The molecule has 0 spiro atoms. The lowest BCUT2D eigenvalue weighted by Gasteiger charge is -2.27. The summed E-state index contributed by atoms with van der Waals surface area (Å²) in [5, 5.41) is 15.2. The van der Waals surface area contributed by atoms with E-state index in [0.29, 0.717) is 29.3 Å².